The molecule has 0 fully saturated rings. The average molecular weight is 249 g/mol. The highest BCUT2D eigenvalue weighted by atomic mass is 35.7. The van der Waals surface area contributed by atoms with Crippen molar-refractivity contribution >= 4 is 25.3 Å². The Labute approximate surface area is 83.6 Å². The van der Waals surface area contributed by atoms with E-state index in [4.69, 9.17) is 20.3 Å². The van der Waals surface area contributed by atoms with Crippen LogP contribution in [0.25, 0.3) is 0 Å². The Hall–Kier alpha value is 0.670. The first-order chi connectivity index (χ1) is 5.83. The van der Waals surface area contributed by atoms with Gasteiger partial charge in [-0.25, -0.2) is 0 Å². The van der Waals surface area contributed by atoms with Gasteiger partial charge in [-0.2, -0.15) is 0 Å². The summed E-state index contributed by atoms with van der Waals surface area (Å²) in [6.45, 7) is 2.36. The van der Waals surface area contributed by atoms with Crippen LogP contribution in [0.2, 0.25) is 0 Å². The van der Waals surface area contributed by atoms with Crippen LogP contribution in [0.15, 0.2) is 0 Å². The Morgan fingerprint density at radius 2 is 1.54 bits per heavy atom. The minimum atomic E-state index is -3.24. The summed E-state index contributed by atoms with van der Waals surface area (Å²) in [5, 5.41) is 0. The van der Waals surface area contributed by atoms with Gasteiger partial charge < -0.3 is 13.6 Å². The summed E-state index contributed by atoms with van der Waals surface area (Å²) < 4.78 is 32.8. The smallest absolute Gasteiger partial charge is 0.309 e. The van der Waals surface area contributed by atoms with E-state index < -0.39 is 14.1 Å². The highest BCUT2D eigenvalue weighted by Crippen LogP contribution is 2.63. The van der Waals surface area contributed by atoms with Crippen molar-refractivity contribution in [2.45, 2.75) is 13.8 Å². The molecule has 0 saturated carbocycles. The molecule has 7 heteroatoms. The Balaban J connectivity index is 4.42. The quantitative estimate of drug-likeness (QED) is 0.677. The van der Waals surface area contributed by atoms with Crippen molar-refractivity contribution in [3.8, 4) is 0 Å². The van der Waals surface area contributed by atoms with Crippen molar-refractivity contribution in [3.63, 3.8) is 0 Å². The van der Waals surface area contributed by atoms with E-state index in [2.05, 4.69) is 0 Å². The van der Waals surface area contributed by atoms with E-state index in [9.17, 15) is 9.13 Å². The van der Waals surface area contributed by atoms with Gasteiger partial charge in [-0.15, -0.1) is 0 Å². The molecule has 0 aromatic rings. The van der Waals surface area contributed by atoms with Crippen molar-refractivity contribution in [3.05, 3.63) is 0 Å². The van der Waals surface area contributed by atoms with E-state index in [0.717, 1.165) is 0 Å². The Bertz CT molecular complexity index is 227. The topological polar surface area (TPSA) is 52.6 Å². The van der Waals surface area contributed by atoms with Crippen LogP contribution in [0.5, 0.6) is 0 Å². The fraction of sp³-hybridized carbons (Fsp3) is 1.00. The van der Waals surface area contributed by atoms with Crippen LogP contribution >= 0.6 is 25.3 Å². The molecule has 13 heavy (non-hydrogen) atoms. The second-order valence-electron chi connectivity index (χ2n) is 2.57. The van der Waals surface area contributed by atoms with Gasteiger partial charge in [0.2, 0.25) is 0 Å². The fourth-order valence-corrected chi connectivity index (χ4v) is 5.99. The van der Waals surface area contributed by atoms with Gasteiger partial charge in [-0.05, 0) is 13.8 Å². The predicted molar refractivity (Wildman–Crippen MR) is 55.1 cm³/mol. The molecule has 0 saturated heterocycles. The highest BCUT2D eigenvalue weighted by Gasteiger charge is 2.31. The summed E-state index contributed by atoms with van der Waals surface area (Å²) in [6.07, 6.45) is 0. The predicted octanol–water partition coefficient (Wildman–Crippen LogP) is 3.36. The first-order valence-electron chi connectivity index (χ1n) is 3.97. The van der Waals surface area contributed by atoms with Crippen molar-refractivity contribution in [2.24, 2.45) is 0 Å². The molecule has 0 aliphatic heterocycles. The third kappa shape index (κ3) is 6.70. The van der Waals surface area contributed by atoms with E-state index in [-0.39, 0.29) is 19.1 Å². The molecule has 0 radical (unpaired) electrons. The minimum absolute atomic E-state index is 0.205. The molecule has 1 atom stereocenters. The third-order valence-electron chi connectivity index (χ3n) is 1.08. The van der Waals surface area contributed by atoms with E-state index in [1.54, 1.807) is 13.8 Å². The molecule has 0 amide bonds. The lowest BCUT2D eigenvalue weighted by Gasteiger charge is -2.17. The maximum atomic E-state index is 11.7. The number of hydrogen-bond donors (Lipinski definition) is 0. The first-order valence-corrected chi connectivity index (χ1v) is 8.94. The van der Waals surface area contributed by atoms with E-state index in [1.807, 2.05) is 0 Å². The summed E-state index contributed by atoms with van der Waals surface area (Å²) in [5.74, 6) is -0.205. The summed E-state index contributed by atoms with van der Waals surface area (Å²) in [7, 11) is -3.24. The standard InChI is InChI=1S/C6H15ClO4P2/c1-4-10-13(9,11-5-2)6-12(3,7)8/h4-6H2,1-3H3. The number of rotatable bonds is 6. The van der Waals surface area contributed by atoms with Gasteiger partial charge >= 0.3 is 7.60 Å². The van der Waals surface area contributed by atoms with E-state index in [0.29, 0.717) is 0 Å². The van der Waals surface area contributed by atoms with Gasteiger partial charge in [0, 0.05) is 6.66 Å². The van der Waals surface area contributed by atoms with Crippen LogP contribution in [-0.4, -0.2) is 25.8 Å². The summed E-state index contributed by atoms with van der Waals surface area (Å²) in [6, 6.07) is 0. The van der Waals surface area contributed by atoms with Crippen LogP contribution in [-0.2, 0) is 18.2 Å². The van der Waals surface area contributed by atoms with Gasteiger partial charge in [0.15, 0.2) is 6.49 Å². The molecule has 0 N–H and O–H groups in total. The lowest BCUT2D eigenvalue weighted by atomic mass is 10.9. The lowest BCUT2D eigenvalue weighted by Crippen LogP contribution is -1.98. The summed E-state index contributed by atoms with van der Waals surface area (Å²) in [5.41, 5.74) is 0. The average Bonchev–Trinajstić information content (AvgIpc) is 1.82. The lowest BCUT2D eigenvalue weighted by molar-refractivity contribution is 0.224. The second-order valence-corrected chi connectivity index (χ2v) is 9.56. The van der Waals surface area contributed by atoms with Crippen LogP contribution in [0.1, 0.15) is 13.8 Å². The molecule has 0 aromatic carbocycles. The van der Waals surface area contributed by atoms with Crippen molar-refractivity contribution < 1.29 is 18.2 Å². The Morgan fingerprint density at radius 3 is 1.77 bits per heavy atom. The molecular weight excluding hydrogens is 233 g/mol. The minimum Gasteiger partial charge on any atom is -0.309 e. The second kappa shape index (κ2) is 5.53. The fourth-order valence-electron chi connectivity index (χ4n) is 0.822. The number of halogens is 1. The molecule has 0 aromatic heterocycles. The van der Waals surface area contributed by atoms with Gasteiger partial charge in [0.05, 0.1) is 13.2 Å². The zero-order valence-corrected chi connectivity index (χ0v) is 10.6. The molecule has 0 rings (SSSR count). The highest BCUT2D eigenvalue weighted by molar-refractivity contribution is 7.94. The van der Waals surface area contributed by atoms with Crippen LogP contribution in [0.3, 0.4) is 0 Å². The maximum absolute atomic E-state index is 11.7. The molecule has 0 aliphatic carbocycles. The SMILES string of the molecule is CCOP(=O)(CP(C)(=O)Cl)OCC. The Morgan fingerprint density at radius 1 is 1.15 bits per heavy atom. The van der Waals surface area contributed by atoms with Crippen molar-refractivity contribution in [1.29, 1.82) is 0 Å². The molecule has 0 spiro atoms. The number of hydrogen-bond acceptors (Lipinski definition) is 4. The zero-order chi connectivity index (χ0) is 10.5. The molecule has 0 aliphatic rings. The molecule has 1 unspecified atom stereocenters. The largest absolute Gasteiger partial charge is 0.339 e. The van der Waals surface area contributed by atoms with Crippen molar-refractivity contribution in [2.75, 3.05) is 25.8 Å². The monoisotopic (exact) mass is 248 g/mol. The molecular formula is C6H15ClO4P2. The van der Waals surface area contributed by atoms with Crippen LogP contribution in [0, 0.1) is 0 Å². The first kappa shape index (κ1) is 13.7. The normalized spacial score (nSPS) is 16.9. The summed E-state index contributed by atoms with van der Waals surface area (Å²) >= 11 is 5.51. The molecule has 0 heterocycles. The van der Waals surface area contributed by atoms with E-state index in [1.165, 1.54) is 6.66 Å². The maximum Gasteiger partial charge on any atom is 0.339 e. The van der Waals surface area contributed by atoms with Crippen LogP contribution < -0.4 is 0 Å². The zero-order valence-electron chi connectivity index (χ0n) is 8.03. The third-order valence-corrected chi connectivity index (χ3v) is 6.75. The van der Waals surface area contributed by atoms with Gasteiger partial charge in [0.1, 0.15) is 5.90 Å². The van der Waals surface area contributed by atoms with Crippen LogP contribution in [0.4, 0.5) is 0 Å². The Kier molecular flexibility index (Phi) is 5.81. The van der Waals surface area contributed by atoms with E-state index >= 15 is 0 Å². The van der Waals surface area contributed by atoms with Gasteiger partial charge in [0.25, 0.3) is 0 Å². The van der Waals surface area contributed by atoms with Gasteiger partial charge in [-0.1, -0.05) is 11.2 Å². The molecule has 0 bridgehead atoms. The molecule has 80 valence electrons. The van der Waals surface area contributed by atoms with Gasteiger partial charge in [-0.3, -0.25) is 4.57 Å². The molecule has 4 nitrogen and oxygen atoms in total. The summed E-state index contributed by atoms with van der Waals surface area (Å²) in [4.78, 5) is 0. The van der Waals surface area contributed by atoms with Crippen molar-refractivity contribution in [1.82, 2.24) is 0 Å².